The monoisotopic (exact) mass is 328 g/mol. The van der Waals surface area contributed by atoms with Crippen molar-refractivity contribution in [2.75, 3.05) is 5.32 Å². The van der Waals surface area contributed by atoms with Crippen LogP contribution in [0.3, 0.4) is 0 Å². The summed E-state index contributed by atoms with van der Waals surface area (Å²) in [4.78, 5) is 24.3. The first-order valence-electron chi connectivity index (χ1n) is 8.05. The van der Waals surface area contributed by atoms with Gasteiger partial charge in [0.25, 0.3) is 11.8 Å². The molecule has 1 saturated carbocycles. The quantitative estimate of drug-likeness (QED) is 0.804. The summed E-state index contributed by atoms with van der Waals surface area (Å²) in [5.41, 5.74) is 1.02. The number of carbonyl (C=O) groups is 2. The minimum atomic E-state index is -0.362. The molecule has 0 radical (unpaired) electrons. The van der Waals surface area contributed by atoms with Crippen LogP contribution in [0.15, 0.2) is 47.1 Å². The second-order valence-electron chi connectivity index (χ2n) is 5.99. The van der Waals surface area contributed by atoms with Gasteiger partial charge in [-0.1, -0.05) is 6.07 Å². The predicted molar refractivity (Wildman–Crippen MR) is 88.8 cm³/mol. The number of benzene rings is 1. The van der Waals surface area contributed by atoms with E-state index >= 15 is 0 Å². The molecular formula is C18H20N2O4. The summed E-state index contributed by atoms with van der Waals surface area (Å²) >= 11 is 0. The first kappa shape index (κ1) is 16.3. The molecule has 1 aromatic heterocycles. The summed E-state index contributed by atoms with van der Waals surface area (Å²) in [6.07, 6.45) is 4.16. The van der Waals surface area contributed by atoms with E-state index in [4.69, 9.17) is 4.42 Å². The largest absolute Gasteiger partial charge is 0.459 e. The number of hydrogen-bond acceptors (Lipinski definition) is 4. The molecule has 3 N–H and O–H groups in total. The number of aliphatic hydroxyl groups excluding tert-OH is 1. The van der Waals surface area contributed by atoms with Gasteiger partial charge in [-0.15, -0.1) is 0 Å². The molecule has 0 spiro atoms. The number of amides is 2. The Labute approximate surface area is 139 Å². The topological polar surface area (TPSA) is 91.6 Å². The van der Waals surface area contributed by atoms with Crippen LogP contribution in [0.4, 0.5) is 5.69 Å². The first-order valence-corrected chi connectivity index (χ1v) is 8.05. The molecule has 1 aromatic carbocycles. The Morgan fingerprint density at radius 2 is 1.83 bits per heavy atom. The lowest BCUT2D eigenvalue weighted by molar-refractivity contribution is 0.0867. The lowest BCUT2D eigenvalue weighted by Gasteiger charge is -2.26. The molecule has 24 heavy (non-hydrogen) atoms. The van der Waals surface area contributed by atoms with Gasteiger partial charge in [-0.2, -0.15) is 0 Å². The van der Waals surface area contributed by atoms with Gasteiger partial charge in [-0.3, -0.25) is 9.59 Å². The van der Waals surface area contributed by atoms with Crippen LogP contribution >= 0.6 is 0 Å². The summed E-state index contributed by atoms with van der Waals surface area (Å²) in [6.45, 7) is 0. The van der Waals surface area contributed by atoms with Gasteiger partial charge in [0.15, 0.2) is 5.76 Å². The number of furan rings is 1. The minimum absolute atomic E-state index is 0.0854. The van der Waals surface area contributed by atoms with E-state index in [0.717, 1.165) is 12.8 Å². The average molecular weight is 328 g/mol. The fourth-order valence-electron chi connectivity index (χ4n) is 2.83. The third-order valence-corrected chi connectivity index (χ3v) is 4.16. The van der Waals surface area contributed by atoms with Crippen molar-refractivity contribution in [2.24, 2.45) is 0 Å². The van der Waals surface area contributed by atoms with Gasteiger partial charge in [0.05, 0.1) is 12.4 Å². The van der Waals surface area contributed by atoms with Crippen molar-refractivity contribution in [2.45, 2.75) is 37.8 Å². The van der Waals surface area contributed by atoms with Crippen molar-refractivity contribution in [1.82, 2.24) is 5.32 Å². The highest BCUT2D eigenvalue weighted by Crippen LogP contribution is 2.19. The molecule has 0 saturated heterocycles. The molecule has 2 aromatic rings. The Balaban J connectivity index is 1.62. The molecule has 0 atom stereocenters. The molecule has 1 heterocycles. The predicted octanol–water partition coefficient (Wildman–Crippen LogP) is 2.57. The first-order chi connectivity index (χ1) is 11.6. The van der Waals surface area contributed by atoms with Crippen LogP contribution in [-0.4, -0.2) is 29.1 Å². The standard InChI is InChI=1S/C18H20N2O4/c21-15-8-6-13(7-9-15)19-17(22)12-3-1-4-14(11-12)20-18(23)16-5-2-10-24-16/h1-5,10-11,13,15,21H,6-9H2,(H,19,22)(H,20,23). The summed E-state index contributed by atoms with van der Waals surface area (Å²) in [7, 11) is 0. The van der Waals surface area contributed by atoms with Gasteiger partial charge < -0.3 is 20.2 Å². The Morgan fingerprint density at radius 1 is 1.04 bits per heavy atom. The number of nitrogens with one attached hydrogen (secondary N) is 2. The fourth-order valence-corrected chi connectivity index (χ4v) is 2.83. The maximum Gasteiger partial charge on any atom is 0.291 e. The number of aliphatic hydroxyl groups is 1. The van der Waals surface area contributed by atoms with E-state index in [2.05, 4.69) is 10.6 Å². The Bertz CT molecular complexity index is 704. The van der Waals surface area contributed by atoms with Crippen LogP contribution in [0.25, 0.3) is 0 Å². The lowest BCUT2D eigenvalue weighted by atomic mass is 9.93. The maximum absolute atomic E-state index is 12.4. The van der Waals surface area contributed by atoms with Crippen molar-refractivity contribution in [3.8, 4) is 0 Å². The number of carbonyl (C=O) groups excluding carboxylic acids is 2. The van der Waals surface area contributed by atoms with Crippen molar-refractivity contribution in [1.29, 1.82) is 0 Å². The Morgan fingerprint density at radius 3 is 2.54 bits per heavy atom. The normalized spacial score (nSPS) is 20.4. The molecule has 6 heteroatoms. The Kier molecular flexibility index (Phi) is 4.96. The third-order valence-electron chi connectivity index (χ3n) is 4.16. The number of hydrogen-bond donors (Lipinski definition) is 3. The summed E-state index contributed by atoms with van der Waals surface area (Å²) in [5.74, 6) is -0.324. The molecule has 1 aliphatic rings. The second kappa shape index (κ2) is 7.31. The van der Waals surface area contributed by atoms with Crippen LogP contribution in [0.2, 0.25) is 0 Å². The second-order valence-corrected chi connectivity index (χ2v) is 5.99. The molecule has 2 amide bonds. The molecule has 3 rings (SSSR count). The molecule has 1 fully saturated rings. The fraction of sp³-hybridized carbons (Fsp3) is 0.333. The van der Waals surface area contributed by atoms with Crippen LogP contribution < -0.4 is 10.6 Å². The van der Waals surface area contributed by atoms with Gasteiger partial charge in [-0.25, -0.2) is 0 Å². The summed E-state index contributed by atoms with van der Waals surface area (Å²) in [6, 6.07) is 10.1. The van der Waals surface area contributed by atoms with Crippen molar-refractivity contribution in [3.63, 3.8) is 0 Å². The highest BCUT2D eigenvalue weighted by molar-refractivity contribution is 6.03. The van der Waals surface area contributed by atoms with Crippen molar-refractivity contribution >= 4 is 17.5 Å². The van der Waals surface area contributed by atoms with E-state index < -0.39 is 0 Å². The zero-order valence-corrected chi connectivity index (χ0v) is 13.2. The summed E-state index contributed by atoms with van der Waals surface area (Å²) < 4.78 is 5.04. The van der Waals surface area contributed by atoms with Crippen molar-refractivity contribution < 1.29 is 19.1 Å². The molecule has 126 valence electrons. The van der Waals surface area contributed by atoms with E-state index in [0.29, 0.717) is 24.1 Å². The maximum atomic E-state index is 12.4. The van der Waals surface area contributed by atoms with E-state index in [-0.39, 0.29) is 29.7 Å². The highest BCUT2D eigenvalue weighted by Gasteiger charge is 2.21. The average Bonchev–Trinajstić information content (AvgIpc) is 3.12. The number of rotatable bonds is 4. The molecule has 0 aliphatic heterocycles. The van der Waals surface area contributed by atoms with E-state index in [1.54, 1.807) is 36.4 Å². The minimum Gasteiger partial charge on any atom is -0.459 e. The third kappa shape index (κ3) is 4.02. The zero-order valence-electron chi connectivity index (χ0n) is 13.2. The van der Waals surface area contributed by atoms with Gasteiger partial charge in [0, 0.05) is 17.3 Å². The van der Waals surface area contributed by atoms with Crippen LogP contribution in [0.1, 0.15) is 46.6 Å². The van der Waals surface area contributed by atoms with Crippen molar-refractivity contribution in [3.05, 3.63) is 54.0 Å². The number of anilines is 1. The van der Waals surface area contributed by atoms with Gasteiger partial charge in [-0.05, 0) is 56.0 Å². The van der Waals surface area contributed by atoms with Gasteiger partial charge in [0.2, 0.25) is 0 Å². The molecular weight excluding hydrogens is 308 g/mol. The molecule has 6 nitrogen and oxygen atoms in total. The SMILES string of the molecule is O=C(NC1CCC(O)CC1)c1cccc(NC(=O)c2ccco2)c1. The molecule has 1 aliphatic carbocycles. The van der Waals surface area contributed by atoms with Crippen LogP contribution in [-0.2, 0) is 0 Å². The van der Waals surface area contributed by atoms with E-state index in [9.17, 15) is 14.7 Å². The highest BCUT2D eigenvalue weighted by atomic mass is 16.3. The molecule has 0 bridgehead atoms. The zero-order chi connectivity index (χ0) is 16.9. The van der Waals surface area contributed by atoms with E-state index in [1.807, 2.05) is 0 Å². The van der Waals surface area contributed by atoms with Gasteiger partial charge >= 0.3 is 0 Å². The Hall–Kier alpha value is -2.60. The molecule has 0 unspecified atom stereocenters. The smallest absolute Gasteiger partial charge is 0.291 e. The van der Waals surface area contributed by atoms with Crippen LogP contribution in [0, 0.1) is 0 Å². The lowest BCUT2D eigenvalue weighted by Crippen LogP contribution is -2.38. The van der Waals surface area contributed by atoms with Crippen LogP contribution in [0.5, 0.6) is 0 Å². The van der Waals surface area contributed by atoms with E-state index in [1.165, 1.54) is 6.26 Å². The summed E-state index contributed by atoms with van der Waals surface area (Å²) in [5, 5.41) is 15.2. The van der Waals surface area contributed by atoms with Gasteiger partial charge in [0.1, 0.15) is 0 Å².